The molecule has 0 fully saturated rings. The maximum Gasteiger partial charge on any atom is 0.195 e. The number of fused-ring (bicyclic) bond motifs is 1. The summed E-state index contributed by atoms with van der Waals surface area (Å²) < 4.78 is 7.42. The van der Waals surface area contributed by atoms with E-state index < -0.39 is 0 Å². The number of hydrogen-bond acceptors (Lipinski definition) is 4. The molecule has 4 aromatic rings. The highest BCUT2D eigenvalue weighted by Gasteiger charge is 2.20. The van der Waals surface area contributed by atoms with Gasteiger partial charge in [-0.15, -0.1) is 11.3 Å². The average molecular weight is 362 g/mol. The number of carbonyl (C=O) groups is 1. The van der Waals surface area contributed by atoms with E-state index in [1.54, 1.807) is 7.11 Å². The van der Waals surface area contributed by atoms with Crippen LogP contribution in [0.2, 0.25) is 0 Å². The maximum absolute atomic E-state index is 12.0. The molecular formula is C21H18N2O2S. The van der Waals surface area contributed by atoms with Gasteiger partial charge in [0.15, 0.2) is 11.2 Å². The molecule has 0 aliphatic rings. The van der Waals surface area contributed by atoms with Crippen molar-refractivity contribution < 1.29 is 9.53 Å². The molecule has 0 N–H and O–H groups in total. The fraction of sp³-hybridized carbons (Fsp3) is 0.143. The van der Waals surface area contributed by atoms with Crippen LogP contribution < -0.4 is 4.74 Å². The zero-order valence-corrected chi connectivity index (χ0v) is 15.6. The summed E-state index contributed by atoms with van der Waals surface area (Å²) in [5.74, 6) is 0.769. The van der Waals surface area contributed by atoms with Crippen LogP contribution in [0.15, 0.2) is 47.8 Å². The summed E-state index contributed by atoms with van der Waals surface area (Å²) in [5, 5.41) is 2.01. The quantitative estimate of drug-likeness (QED) is 0.471. The summed E-state index contributed by atoms with van der Waals surface area (Å²) in [6.45, 7) is 4.11. The Morgan fingerprint density at radius 3 is 2.65 bits per heavy atom. The molecule has 4 nitrogen and oxygen atoms in total. The van der Waals surface area contributed by atoms with Crippen molar-refractivity contribution in [3.05, 3.63) is 64.7 Å². The second-order valence-electron chi connectivity index (χ2n) is 6.22. The summed E-state index contributed by atoms with van der Waals surface area (Å²) in [4.78, 5) is 17.6. The van der Waals surface area contributed by atoms with Crippen molar-refractivity contribution in [1.82, 2.24) is 9.38 Å². The molecule has 0 saturated heterocycles. The van der Waals surface area contributed by atoms with Crippen molar-refractivity contribution in [3.8, 4) is 28.3 Å². The first-order valence-corrected chi connectivity index (χ1v) is 9.18. The predicted molar refractivity (Wildman–Crippen MR) is 105 cm³/mol. The van der Waals surface area contributed by atoms with Crippen LogP contribution in [0.1, 0.15) is 21.6 Å². The molecule has 4 rings (SSSR count). The third-order valence-corrected chi connectivity index (χ3v) is 5.36. The molecule has 0 radical (unpaired) electrons. The third-order valence-electron chi connectivity index (χ3n) is 4.53. The van der Waals surface area contributed by atoms with Gasteiger partial charge in [0, 0.05) is 16.5 Å². The second-order valence-corrected chi connectivity index (χ2v) is 7.06. The molecule has 2 aromatic heterocycles. The molecule has 5 heteroatoms. The molecule has 0 aliphatic carbocycles. The van der Waals surface area contributed by atoms with Gasteiger partial charge in [0.05, 0.1) is 12.8 Å². The minimum absolute atomic E-state index is 0.564. The van der Waals surface area contributed by atoms with Crippen LogP contribution in [0.25, 0.3) is 27.5 Å². The van der Waals surface area contributed by atoms with Crippen molar-refractivity contribution >= 4 is 22.6 Å². The third kappa shape index (κ3) is 2.52. The van der Waals surface area contributed by atoms with Crippen molar-refractivity contribution in [2.75, 3.05) is 7.11 Å². The van der Waals surface area contributed by atoms with Crippen LogP contribution >= 0.6 is 11.3 Å². The van der Waals surface area contributed by atoms with E-state index in [-0.39, 0.29) is 0 Å². The molecule has 0 amide bonds. The number of carbonyl (C=O) groups excluding carboxylic acids is 1. The predicted octanol–water partition coefficient (Wildman–Crippen LogP) is 5.17. The van der Waals surface area contributed by atoms with Crippen LogP contribution in [0.5, 0.6) is 5.75 Å². The van der Waals surface area contributed by atoms with Crippen LogP contribution in [-0.4, -0.2) is 22.8 Å². The zero-order valence-electron chi connectivity index (χ0n) is 14.8. The molecule has 0 saturated carbocycles. The number of methoxy groups -OCH3 is 1. The van der Waals surface area contributed by atoms with Crippen LogP contribution in [0.3, 0.4) is 0 Å². The first-order chi connectivity index (χ1) is 12.6. The molecular weight excluding hydrogens is 344 g/mol. The topological polar surface area (TPSA) is 43.6 Å². The number of benzene rings is 2. The average Bonchev–Trinajstić information content (AvgIpc) is 3.20. The molecule has 26 heavy (non-hydrogen) atoms. The Hall–Kier alpha value is -2.92. The van der Waals surface area contributed by atoms with E-state index in [1.807, 2.05) is 53.1 Å². The summed E-state index contributed by atoms with van der Waals surface area (Å²) in [6, 6.07) is 14.0. The fourth-order valence-electron chi connectivity index (χ4n) is 3.31. The SMILES string of the molecule is COc1ccccc1-c1csc2nc(-c3ccc(C)cc3C)c(C=O)n12. The molecule has 0 aliphatic heterocycles. The maximum atomic E-state index is 12.0. The molecule has 2 aromatic carbocycles. The molecule has 0 unspecified atom stereocenters. The summed E-state index contributed by atoms with van der Waals surface area (Å²) in [6.07, 6.45) is 0.889. The largest absolute Gasteiger partial charge is 0.496 e. The van der Waals surface area contributed by atoms with Gasteiger partial charge in [-0.2, -0.15) is 0 Å². The lowest BCUT2D eigenvalue weighted by molar-refractivity contribution is 0.111. The van der Waals surface area contributed by atoms with Gasteiger partial charge >= 0.3 is 0 Å². The number of thiazole rings is 1. The van der Waals surface area contributed by atoms with Gasteiger partial charge in [0.1, 0.15) is 17.1 Å². The van der Waals surface area contributed by atoms with Gasteiger partial charge in [-0.3, -0.25) is 9.20 Å². The minimum Gasteiger partial charge on any atom is -0.496 e. The molecule has 0 atom stereocenters. The lowest BCUT2D eigenvalue weighted by atomic mass is 10.0. The van der Waals surface area contributed by atoms with E-state index >= 15 is 0 Å². The van der Waals surface area contributed by atoms with Gasteiger partial charge in [-0.1, -0.05) is 35.9 Å². The van der Waals surface area contributed by atoms with Crippen molar-refractivity contribution in [2.24, 2.45) is 0 Å². The Balaban J connectivity index is 1.99. The number of hydrogen-bond donors (Lipinski definition) is 0. The smallest absolute Gasteiger partial charge is 0.195 e. The van der Waals surface area contributed by atoms with Crippen LogP contribution in [-0.2, 0) is 0 Å². The molecule has 130 valence electrons. The number of imidazole rings is 1. The van der Waals surface area contributed by atoms with E-state index in [4.69, 9.17) is 9.72 Å². The normalized spacial score (nSPS) is 11.0. The van der Waals surface area contributed by atoms with E-state index in [9.17, 15) is 4.79 Å². The Morgan fingerprint density at radius 1 is 1.12 bits per heavy atom. The number of rotatable bonds is 4. The van der Waals surface area contributed by atoms with Crippen LogP contribution in [0.4, 0.5) is 0 Å². The fourth-order valence-corrected chi connectivity index (χ4v) is 4.21. The Kier molecular flexibility index (Phi) is 4.09. The van der Waals surface area contributed by atoms with Gasteiger partial charge in [-0.05, 0) is 31.5 Å². The van der Waals surface area contributed by atoms with Gasteiger partial charge < -0.3 is 4.74 Å². The Morgan fingerprint density at radius 2 is 1.92 bits per heavy atom. The highest BCUT2D eigenvalue weighted by atomic mass is 32.1. The van der Waals surface area contributed by atoms with Crippen molar-refractivity contribution in [2.45, 2.75) is 13.8 Å². The van der Waals surface area contributed by atoms with Gasteiger partial charge in [0.25, 0.3) is 0 Å². The molecule has 2 heterocycles. The summed E-state index contributed by atoms with van der Waals surface area (Å²) >= 11 is 1.52. The van der Waals surface area contributed by atoms with Crippen LogP contribution in [0, 0.1) is 13.8 Å². The summed E-state index contributed by atoms with van der Waals surface area (Å²) in [5.41, 5.74) is 6.42. The van der Waals surface area contributed by atoms with Crippen molar-refractivity contribution in [1.29, 1.82) is 0 Å². The van der Waals surface area contributed by atoms with E-state index in [0.29, 0.717) is 5.69 Å². The highest BCUT2D eigenvalue weighted by Crippen LogP contribution is 2.36. The highest BCUT2D eigenvalue weighted by molar-refractivity contribution is 7.15. The number of ether oxygens (including phenoxy) is 1. The lowest BCUT2D eigenvalue weighted by Crippen LogP contribution is -1.96. The van der Waals surface area contributed by atoms with E-state index in [1.165, 1.54) is 16.9 Å². The van der Waals surface area contributed by atoms with Gasteiger partial charge in [0.2, 0.25) is 0 Å². The van der Waals surface area contributed by atoms with Gasteiger partial charge in [-0.25, -0.2) is 4.98 Å². The zero-order chi connectivity index (χ0) is 18.3. The lowest BCUT2D eigenvalue weighted by Gasteiger charge is -2.08. The Labute approximate surface area is 155 Å². The molecule has 0 bridgehead atoms. The standard InChI is InChI=1S/C21H18N2O2S/c1-13-8-9-15(14(2)10-13)20-17(11-24)23-18(12-26-21(23)22-20)16-6-4-5-7-19(16)25-3/h4-12H,1-3H3. The first-order valence-electron chi connectivity index (χ1n) is 8.30. The Bertz CT molecular complexity index is 1120. The van der Waals surface area contributed by atoms with Crippen molar-refractivity contribution in [3.63, 3.8) is 0 Å². The number of aryl methyl sites for hydroxylation is 2. The number of aldehydes is 1. The monoisotopic (exact) mass is 362 g/mol. The number of aromatic nitrogens is 2. The number of para-hydroxylation sites is 1. The first kappa shape index (κ1) is 16.5. The second kappa shape index (κ2) is 6.42. The molecule has 0 spiro atoms. The van der Waals surface area contributed by atoms with E-state index in [2.05, 4.69) is 13.0 Å². The summed E-state index contributed by atoms with van der Waals surface area (Å²) in [7, 11) is 1.65. The van der Waals surface area contributed by atoms with E-state index in [0.717, 1.165) is 45.1 Å². The minimum atomic E-state index is 0.564. The number of nitrogens with zero attached hydrogens (tertiary/aromatic N) is 2.